The summed E-state index contributed by atoms with van der Waals surface area (Å²) in [5.41, 5.74) is 1.86. The van der Waals surface area contributed by atoms with Crippen LogP contribution in [0.2, 0.25) is 0 Å². The molecule has 2 N–H and O–H groups in total. The predicted molar refractivity (Wildman–Crippen MR) is 68.9 cm³/mol. The number of carbonyl (C=O) groups is 1. The zero-order chi connectivity index (χ0) is 12.7. The number of amides is 1. The molecular weight excluding hydrogens is 216 g/mol. The highest BCUT2D eigenvalue weighted by Crippen LogP contribution is 2.12. The third-order valence-electron chi connectivity index (χ3n) is 2.13. The fraction of sp³-hybridized carbons (Fsp3) is 0.462. The number of anilines is 1. The third kappa shape index (κ3) is 5.47. The lowest BCUT2D eigenvalue weighted by molar-refractivity contribution is -0.115. The summed E-state index contributed by atoms with van der Waals surface area (Å²) in [5, 5.41) is 5.62. The molecule has 1 aromatic carbocycles. The Kier molecular flexibility index (Phi) is 5.66. The Balaban J connectivity index is 2.56. The molecule has 0 saturated heterocycles. The number of benzene rings is 1. The van der Waals surface area contributed by atoms with E-state index >= 15 is 0 Å². The van der Waals surface area contributed by atoms with Crippen LogP contribution in [0.1, 0.15) is 19.4 Å². The van der Waals surface area contributed by atoms with Crippen LogP contribution in [-0.2, 0) is 16.1 Å². The zero-order valence-electron chi connectivity index (χ0n) is 10.6. The SMILES string of the molecule is CNCC(=O)Nc1cccc(COC(C)C)c1. The average molecular weight is 236 g/mol. The van der Waals surface area contributed by atoms with Crippen molar-refractivity contribution >= 4 is 11.6 Å². The standard InChI is InChI=1S/C13H20N2O2/c1-10(2)17-9-11-5-4-6-12(7-11)15-13(16)8-14-3/h4-7,10,14H,8-9H2,1-3H3,(H,15,16). The van der Waals surface area contributed by atoms with Gasteiger partial charge in [0.15, 0.2) is 0 Å². The van der Waals surface area contributed by atoms with Gasteiger partial charge in [0.1, 0.15) is 0 Å². The molecule has 17 heavy (non-hydrogen) atoms. The van der Waals surface area contributed by atoms with E-state index in [2.05, 4.69) is 10.6 Å². The quantitative estimate of drug-likeness (QED) is 0.791. The Morgan fingerprint density at radius 2 is 2.18 bits per heavy atom. The molecule has 0 aliphatic heterocycles. The highest BCUT2D eigenvalue weighted by atomic mass is 16.5. The van der Waals surface area contributed by atoms with E-state index in [9.17, 15) is 4.79 Å². The van der Waals surface area contributed by atoms with Crippen LogP contribution >= 0.6 is 0 Å². The molecule has 0 aliphatic rings. The van der Waals surface area contributed by atoms with Gasteiger partial charge in [-0.15, -0.1) is 0 Å². The molecule has 1 aromatic rings. The van der Waals surface area contributed by atoms with E-state index in [0.29, 0.717) is 13.2 Å². The van der Waals surface area contributed by atoms with Crippen molar-refractivity contribution in [3.63, 3.8) is 0 Å². The largest absolute Gasteiger partial charge is 0.374 e. The van der Waals surface area contributed by atoms with E-state index in [4.69, 9.17) is 4.74 Å². The monoisotopic (exact) mass is 236 g/mol. The second kappa shape index (κ2) is 7.04. The summed E-state index contributed by atoms with van der Waals surface area (Å²) in [5.74, 6) is -0.0468. The van der Waals surface area contributed by atoms with Gasteiger partial charge in [-0.25, -0.2) is 0 Å². The molecular formula is C13H20N2O2. The van der Waals surface area contributed by atoms with Crippen molar-refractivity contribution in [3.05, 3.63) is 29.8 Å². The van der Waals surface area contributed by atoms with Crippen molar-refractivity contribution in [3.8, 4) is 0 Å². The predicted octanol–water partition coefficient (Wildman–Crippen LogP) is 1.77. The summed E-state index contributed by atoms with van der Waals surface area (Å²) in [4.78, 5) is 11.4. The zero-order valence-corrected chi connectivity index (χ0v) is 10.6. The minimum atomic E-state index is -0.0468. The molecule has 0 aromatic heterocycles. The van der Waals surface area contributed by atoms with Crippen LogP contribution in [0.3, 0.4) is 0 Å². The Bertz CT molecular complexity index is 364. The van der Waals surface area contributed by atoms with Gasteiger partial charge >= 0.3 is 0 Å². The van der Waals surface area contributed by atoms with Crippen molar-refractivity contribution in [1.82, 2.24) is 5.32 Å². The fourth-order valence-corrected chi connectivity index (χ4v) is 1.37. The molecule has 0 heterocycles. The van der Waals surface area contributed by atoms with Gasteiger partial charge in [-0.3, -0.25) is 4.79 Å². The van der Waals surface area contributed by atoms with Gasteiger partial charge < -0.3 is 15.4 Å². The lowest BCUT2D eigenvalue weighted by Crippen LogP contribution is -2.25. The fourth-order valence-electron chi connectivity index (χ4n) is 1.37. The number of carbonyl (C=O) groups excluding carboxylic acids is 1. The Morgan fingerprint density at radius 1 is 1.41 bits per heavy atom. The van der Waals surface area contributed by atoms with E-state index < -0.39 is 0 Å². The smallest absolute Gasteiger partial charge is 0.238 e. The first kappa shape index (κ1) is 13.7. The van der Waals surface area contributed by atoms with E-state index in [-0.39, 0.29) is 12.0 Å². The maximum Gasteiger partial charge on any atom is 0.238 e. The molecule has 0 saturated carbocycles. The maximum atomic E-state index is 11.4. The second-order valence-corrected chi connectivity index (χ2v) is 4.14. The summed E-state index contributed by atoms with van der Waals surface area (Å²) < 4.78 is 5.51. The van der Waals surface area contributed by atoms with Crippen LogP contribution in [0.25, 0.3) is 0 Å². The molecule has 0 atom stereocenters. The van der Waals surface area contributed by atoms with Crippen LogP contribution in [0.4, 0.5) is 5.69 Å². The highest BCUT2D eigenvalue weighted by molar-refractivity contribution is 5.92. The van der Waals surface area contributed by atoms with E-state index in [1.54, 1.807) is 7.05 Å². The molecule has 4 nitrogen and oxygen atoms in total. The van der Waals surface area contributed by atoms with Crippen molar-refractivity contribution in [1.29, 1.82) is 0 Å². The molecule has 0 aliphatic carbocycles. The van der Waals surface area contributed by atoms with Gasteiger partial charge in [-0.05, 0) is 38.6 Å². The van der Waals surface area contributed by atoms with Crippen molar-refractivity contribution in [2.45, 2.75) is 26.6 Å². The normalized spacial score (nSPS) is 10.6. The van der Waals surface area contributed by atoms with Gasteiger partial charge in [0, 0.05) is 5.69 Å². The Morgan fingerprint density at radius 3 is 2.82 bits per heavy atom. The lowest BCUT2D eigenvalue weighted by atomic mass is 10.2. The topological polar surface area (TPSA) is 50.4 Å². The number of hydrogen-bond acceptors (Lipinski definition) is 3. The van der Waals surface area contributed by atoms with Crippen LogP contribution in [0, 0.1) is 0 Å². The van der Waals surface area contributed by atoms with E-state index in [0.717, 1.165) is 11.3 Å². The summed E-state index contributed by atoms with van der Waals surface area (Å²) in [6.45, 7) is 4.87. The van der Waals surface area contributed by atoms with Crippen LogP contribution in [0.15, 0.2) is 24.3 Å². The summed E-state index contributed by atoms with van der Waals surface area (Å²) in [6.07, 6.45) is 0.206. The summed E-state index contributed by atoms with van der Waals surface area (Å²) >= 11 is 0. The minimum Gasteiger partial charge on any atom is -0.374 e. The lowest BCUT2D eigenvalue weighted by Gasteiger charge is -2.09. The van der Waals surface area contributed by atoms with Crippen LogP contribution in [-0.4, -0.2) is 25.6 Å². The van der Waals surface area contributed by atoms with Gasteiger partial charge in [-0.1, -0.05) is 12.1 Å². The van der Waals surface area contributed by atoms with Crippen molar-refractivity contribution in [2.24, 2.45) is 0 Å². The number of hydrogen-bond donors (Lipinski definition) is 2. The summed E-state index contributed by atoms with van der Waals surface area (Å²) in [7, 11) is 1.74. The van der Waals surface area contributed by atoms with E-state index in [1.807, 2.05) is 38.1 Å². The summed E-state index contributed by atoms with van der Waals surface area (Å²) in [6, 6.07) is 7.69. The third-order valence-corrected chi connectivity index (χ3v) is 2.13. The molecule has 94 valence electrons. The first-order chi connectivity index (χ1) is 8.11. The Labute approximate surface area is 102 Å². The van der Waals surface area contributed by atoms with Gasteiger partial charge in [0.05, 0.1) is 19.3 Å². The van der Waals surface area contributed by atoms with Crippen molar-refractivity contribution < 1.29 is 9.53 Å². The Hall–Kier alpha value is -1.39. The number of rotatable bonds is 6. The average Bonchev–Trinajstić information content (AvgIpc) is 2.27. The van der Waals surface area contributed by atoms with Gasteiger partial charge in [0.2, 0.25) is 5.91 Å². The first-order valence-electron chi connectivity index (χ1n) is 5.77. The van der Waals surface area contributed by atoms with Crippen LogP contribution in [0.5, 0.6) is 0 Å². The molecule has 0 fully saturated rings. The molecule has 1 rings (SSSR count). The van der Waals surface area contributed by atoms with Crippen molar-refractivity contribution in [2.75, 3.05) is 18.9 Å². The van der Waals surface area contributed by atoms with Gasteiger partial charge in [0.25, 0.3) is 0 Å². The second-order valence-electron chi connectivity index (χ2n) is 4.14. The maximum absolute atomic E-state index is 11.4. The van der Waals surface area contributed by atoms with Crippen LogP contribution < -0.4 is 10.6 Å². The van der Waals surface area contributed by atoms with E-state index in [1.165, 1.54) is 0 Å². The first-order valence-corrected chi connectivity index (χ1v) is 5.77. The molecule has 0 radical (unpaired) electrons. The molecule has 1 amide bonds. The molecule has 0 unspecified atom stereocenters. The number of nitrogens with one attached hydrogen (secondary N) is 2. The van der Waals surface area contributed by atoms with Gasteiger partial charge in [-0.2, -0.15) is 0 Å². The number of ether oxygens (including phenoxy) is 1. The number of likely N-dealkylation sites (N-methyl/N-ethyl adjacent to an activating group) is 1. The molecule has 0 spiro atoms. The molecule has 0 bridgehead atoms. The minimum absolute atomic E-state index is 0.0468. The molecule has 4 heteroatoms. The highest BCUT2D eigenvalue weighted by Gasteiger charge is 2.02.